The zero-order valence-electron chi connectivity index (χ0n) is 46.6. The molecule has 0 rings (SSSR count). The number of aliphatic hydroxyl groups is 1. The first-order valence-electron chi connectivity index (χ1n) is 28.0. The summed E-state index contributed by atoms with van der Waals surface area (Å²) in [5.74, 6) is -1.69. The molecule has 0 aliphatic heterocycles. The van der Waals surface area contributed by atoms with Crippen molar-refractivity contribution in [1.82, 2.24) is 0 Å². The fourth-order valence-electron chi connectivity index (χ4n) is 6.49. The number of phosphoric ester groups is 1. The van der Waals surface area contributed by atoms with Crippen molar-refractivity contribution in [2.24, 2.45) is 0 Å². The minimum atomic E-state index is -4.80. The van der Waals surface area contributed by atoms with Crippen LogP contribution in [-0.2, 0) is 42.2 Å². The number of phosphoric acid groups is 1. The molecule has 0 fully saturated rings. The van der Waals surface area contributed by atoms with Gasteiger partial charge in [-0.15, -0.1) is 0 Å². The number of aliphatic hydroxyl groups excluding tert-OH is 1. The standard InChI is InChI=1S/C64H97O11P/c1-4-7-10-13-16-19-22-25-27-29-30-32-34-37-40-43-46-49-52-55-64(68)75-61(57-71-62(66)53-50-47-44-41-38-36-33-31-28-26-23-20-17-14-11-8-5-2)59-73-76(69,70)72-58-60(56-65)74-63(67)54-51-48-45-42-39-35-24-21-18-15-12-9-6-3/h7-12,16-21,25-28,30,32-33,35-37,39-41,44-45,48,60-61,65H,4-6,13-15,22-24,29,31,34,38,42-43,46-47,49-59H2,1-3H3,(H,69,70)/b10-7-,11-8-,12-9-,19-16-,20-17-,21-18-,27-25-,28-26-,32-30-,36-33-,39-35-,40-37-,44-41-,48-45-. The van der Waals surface area contributed by atoms with Crippen LogP contribution in [0.1, 0.15) is 175 Å². The molecule has 11 nitrogen and oxygen atoms in total. The summed E-state index contributed by atoms with van der Waals surface area (Å²) in [4.78, 5) is 48.5. The fraction of sp³-hybridized carbons (Fsp3) is 0.516. The van der Waals surface area contributed by atoms with E-state index in [4.69, 9.17) is 23.3 Å². The molecule has 0 aliphatic carbocycles. The van der Waals surface area contributed by atoms with Gasteiger partial charge >= 0.3 is 25.7 Å². The number of rotatable bonds is 49. The van der Waals surface area contributed by atoms with Gasteiger partial charge in [0.15, 0.2) is 6.10 Å². The van der Waals surface area contributed by atoms with Gasteiger partial charge in [0.2, 0.25) is 0 Å². The molecule has 0 aromatic rings. The summed E-state index contributed by atoms with van der Waals surface area (Å²) in [5.41, 5.74) is 0. The smallest absolute Gasteiger partial charge is 0.462 e. The molecule has 0 saturated carbocycles. The van der Waals surface area contributed by atoms with Gasteiger partial charge in [-0.3, -0.25) is 23.4 Å². The Balaban J connectivity index is 4.98. The first-order valence-corrected chi connectivity index (χ1v) is 29.5. The highest BCUT2D eigenvalue weighted by molar-refractivity contribution is 7.47. The van der Waals surface area contributed by atoms with Crippen LogP contribution in [0.3, 0.4) is 0 Å². The third kappa shape index (κ3) is 53.7. The molecule has 3 unspecified atom stereocenters. The van der Waals surface area contributed by atoms with Crippen LogP contribution in [0.4, 0.5) is 0 Å². The minimum absolute atomic E-state index is 0.0392. The van der Waals surface area contributed by atoms with Crippen molar-refractivity contribution in [1.29, 1.82) is 0 Å². The van der Waals surface area contributed by atoms with Crippen molar-refractivity contribution in [2.45, 2.75) is 187 Å². The van der Waals surface area contributed by atoms with Gasteiger partial charge in [-0.1, -0.05) is 197 Å². The lowest BCUT2D eigenvalue weighted by atomic mass is 10.1. The topological polar surface area (TPSA) is 155 Å². The summed E-state index contributed by atoms with van der Waals surface area (Å²) in [6.07, 6.45) is 74.9. The molecular weight excluding hydrogens is 976 g/mol. The molecule has 0 spiro atoms. The largest absolute Gasteiger partial charge is 0.472 e. The average molecular weight is 1070 g/mol. The quantitative estimate of drug-likeness (QED) is 0.0197. The van der Waals surface area contributed by atoms with Crippen LogP contribution >= 0.6 is 7.82 Å². The molecule has 0 aromatic heterocycles. The highest BCUT2D eigenvalue weighted by atomic mass is 31.2. The van der Waals surface area contributed by atoms with Crippen molar-refractivity contribution in [2.75, 3.05) is 26.4 Å². The van der Waals surface area contributed by atoms with Gasteiger partial charge in [0.25, 0.3) is 0 Å². The summed E-state index contributed by atoms with van der Waals surface area (Å²) in [5, 5.41) is 9.79. The summed E-state index contributed by atoms with van der Waals surface area (Å²) in [6.45, 7) is 4.07. The Morgan fingerprint density at radius 1 is 0.368 bits per heavy atom. The zero-order chi connectivity index (χ0) is 55.5. The van der Waals surface area contributed by atoms with Crippen molar-refractivity contribution in [3.05, 3.63) is 170 Å². The Labute approximate surface area is 459 Å². The van der Waals surface area contributed by atoms with Crippen LogP contribution in [0.25, 0.3) is 0 Å². The van der Waals surface area contributed by atoms with E-state index in [9.17, 15) is 28.9 Å². The van der Waals surface area contributed by atoms with Gasteiger partial charge in [0.1, 0.15) is 12.7 Å². The monoisotopic (exact) mass is 1070 g/mol. The van der Waals surface area contributed by atoms with E-state index in [0.29, 0.717) is 25.7 Å². The third-order valence-electron chi connectivity index (χ3n) is 10.6. The lowest BCUT2D eigenvalue weighted by Crippen LogP contribution is -2.30. The molecule has 0 radical (unpaired) electrons. The van der Waals surface area contributed by atoms with Gasteiger partial charge in [0.05, 0.1) is 19.8 Å². The predicted molar refractivity (Wildman–Crippen MR) is 315 cm³/mol. The zero-order valence-corrected chi connectivity index (χ0v) is 47.5. The fourth-order valence-corrected chi connectivity index (χ4v) is 7.27. The summed E-state index contributed by atoms with van der Waals surface area (Å²) in [6, 6.07) is 0. The second-order valence-corrected chi connectivity index (χ2v) is 19.1. The van der Waals surface area contributed by atoms with Gasteiger partial charge in [0, 0.05) is 19.3 Å². The first-order chi connectivity index (χ1) is 37.2. The summed E-state index contributed by atoms with van der Waals surface area (Å²) >= 11 is 0. The van der Waals surface area contributed by atoms with E-state index in [0.717, 1.165) is 109 Å². The highest BCUT2D eigenvalue weighted by Gasteiger charge is 2.28. The second-order valence-electron chi connectivity index (χ2n) is 17.6. The maximum Gasteiger partial charge on any atom is 0.472 e. The van der Waals surface area contributed by atoms with E-state index in [1.807, 2.05) is 30.4 Å². The normalized spacial score (nSPS) is 14.6. The SMILES string of the molecule is CC/C=C\C/C=C\C/C=C\C/C=C\C/C=C\CCCCCC(=O)OC(COC(=O)CCC/C=C\C/C=C\C/C=C\C/C=C\C/C=C\CC)COP(=O)(O)OCC(CO)OC(=O)CC/C=C\C/C=C\C/C=C\C/C=C\CC. The molecule has 0 saturated heterocycles. The Morgan fingerprint density at radius 3 is 1.08 bits per heavy atom. The maximum atomic E-state index is 12.9. The van der Waals surface area contributed by atoms with E-state index in [1.165, 1.54) is 0 Å². The summed E-state index contributed by atoms with van der Waals surface area (Å²) < 4.78 is 39.3. The number of unbranched alkanes of at least 4 members (excludes halogenated alkanes) is 4. The number of ether oxygens (including phenoxy) is 3. The van der Waals surface area contributed by atoms with E-state index in [-0.39, 0.29) is 19.3 Å². The van der Waals surface area contributed by atoms with E-state index < -0.39 is 64.4 Å². The van der Waals surface area contributed by atoms with Crippen molar-refractivity contribution >= 4 is 25.7 Å². The molecular formula is C64H97O11P. The number of carbonyl (C=O) groups excluding carboxylic acids is 3. The maximum absolute atomic E-state index is 12.9. The van der Waals surface area contributed by atoms with Gasteiger partial charge in [-0.05, 0) is 128 Å². The van der Waals surface area contributed by atoms with Gasteiger partial charge < -0.3 is 24.2 Å². The molecule has 0 amide bonds. The molecule has 0 heterocycles. The van der Waals surface area contributed by atoms with Gasteiger partial charge in [-0.2, -0.15) is 0 Å². The van der Waals surface area contributed by atoms with Crippen LogP contribution in [0.15, 0.2) is 170 Å². The van der Waals surface area contributed by atoms with Crippen LogP contribution in [0, 0.1) is 0 Å². The molecule has 0 bridgehead atoms. The highest BCUT2D eigenvalue weighted by Crippen LogP contribution is 2.43. The van der Waals surface area contributed by atoms with Gasteiger partial charge in [-0.25, -0.2) is 4.57 Å². The van der Waals surface area contributed by atoms with Crippen LogP contribution in [-0.4, -0.2) is 66.5 Å². The third-order valence-corrected chi connectivity index (χ3v) is 11.6. The molecule has 12 heteroatoms. The van der Waals surface area contributed by atoms with Crippen molar-refractivity contribution < 1.29 is 52.2 Å². The second kappa shape index (κ2) is 56.1. The van der Waals surface area contributed by atoms with Crippen LogP contribution < -0.4 is 0 Å². The number of allylic oxidation sites excluding steroid dienone is 28. The van der Waals surface area contributed by atoms with Crippen molar-refractivity contribution in [3.63, 3.8) is 0 Å². The number of hydrogen-bond donors (Lipinski definition) is 2. The van der Waals surface area contributed by atoms with Crippen molar-refractivity contribution in [3.8, 4) is 0 Å². The molecule has 0 aliphatic rings. The Kier molecular flexibility index (Phi) is 52.2. The Bertz CT molecular complexity index is 1920. The van der Waals surface area contributed by atoms with E-state index >= 15 is 0 Å². The number of esters is 3. The molecule has 0 aromatic carbocycles. The number of hydrogen-bond acceptors (Lipinski definition) is 10. The molecule has 424 valence electrons. The van der Waals surface area contributed by atoms with E-state index in [2.05, 4.69) is 161 Å². The van der Waals surface area contributed by atoms with Crippen LogP contribution in [0.5, 0.6) is 0 Å². The first kappa shape index (κ1) is 70.8. The number of carbonyl (C=O) groups is 3. The minimum Gasteiger partial charge on any atom is -0.462 e. The molecule has 3 atom stereocenters. The average Bonchev–Trinajstić information content (AvgIpc) is 3.41. The summed E-state index contributed by atoms with van der Waals surface area (Å²) in [7, 11) is -4.80. The Morgan fingerprint density at radius 2 is 0.684 bits per heavy atom. The van der Waals surface area contributed by atoms with E-state index in [1.54, 1.807) is 0 Å². The molecule has 2 N–H and O–H groups in total. The lowest BCUT2D eigenvalue weighted by molar-refractivity contribution is -0.161. The Hall–Kier alpha value is -5.16. The molecule has 76 heavy (non-hydrogen) atoms. The van der Waals surface area contributed by atoms with Crippen LogP contribution in [0.2, 0.25) is 0 Å². The lowest BCUT2D eigenvalue weighted by Gasteiger charge is -2.21. The predicted octanol–water partition coefficient (Wildman–Crippen LogP) is 16.7.